The van der Waals surface area contributed by atoms with Crippen LogP contribution < -0.4 is 5.32 Å². The van der Waals surface area contributed by atoms with Crippen molar-refractivity contribution in [3.8, 4) is 0 Å². The van der Waals surface area contributed by atoms with E-state index in [9.17, 15) is 4.79 Å². The van der Waals surface area contributed by atoms with Crippen LogP contribution in [0.2, 0.25) is 5.02 Å². The minimum atomic E-state index is -0.312. The normalized spacial score (nSPS) is 11.4. The molecule has 0 aliphatic rings. The standard InChI is InChI=1S/C13H15ClN4O2/c1-13(2,3)12-17-10(20-18-12)7-16-11(19)8-4-5-15-6-9(8)14/h4-6H,7H2,1-3H3,(H,16,19). The summed E-state index contributed by atoms with van der Waals surface area (Å²) >= 11 is 5.89. The summed E-state index contributed by atoms with van der Waals surface area (Å²) in [6, 6.07) is 1.55. The summed E-state index contributed by atoms with van der Waals surface area (Å²) < 4.78 is 5.09. The zero-order valence-electron chi connectivity index (χ0n) is 11.5. The van der Waals surface area contributed by atoms with Crippen LogP contribution in [0.4, 0.5) is 0 Å². The van der Waals surface area contributed by atoms with E-state index in [4.69, 9.17) is 16.1 Å². The first kappa shape index (κ1) is 14.5. The van der Waals surface area contributed by atoms with E-state index in [1.165, 1.54) is 12.4 Å². The lowest BCUT2D eigenvalue weighted by Gasteiger charge is -2.10. The second-order valence-electron chi connectivity index (χ2n) is 5.30. The number of carbonyl (C=O) groups is 1. The number of hydrogen-bond donors (Lipinski definition) is 1. The van der Waals surface area contributed by atoms with Gasteiger partial charge in [-0.1, -0.05) is 37.5 Å². The molecule has 2 heterocycles. The summed E-state index contributed by atoms with van der Waals surface area (Å²) in [7, 11) is 0. The van der Waals surface area contributed by atoms with Gasteiger partial charge < -0.3 is 9.84 Å². The second kappa shape index (κ2) is 5.58. The summed E-state index contributed by atoms with van der Waals surface area (Å²) in [5.41, 5.74) is 0.164. The topological polar surface area (TPSA) is 80.9 Å². The first-order chi connectivity index (χ1) is 9.38. The summed E-state index contributed by atoms with van der Waals surface area (Å²) in [6.07, 6.45) is 2.92. The van der Waals surface area contributed by atoms with Crippen LogP contribution in [0, 0.1) is 0 Å². The van der Waals surface area contributed by atoms with E-state index in [-0.39, 0.29) is 17.9 Å². The summed E-state index contributed by atoms with van der Waals surface area (Å²) in [4.78, 5) is 20.0. The average molecular weight is 295 g/mol. The molecule has 0 unspecified atom stereocenters. The molecular formula is C13H15ClN4O2. The highest BCUT2D eigenvalue weighted by Crippen LogP contribution is 2.18. The summed E-state index contributed by atoms with van der Waals surface area (Å²) in [5, 5.41) is 6.85. The third kappa shape index (κ3) is 3.33. The van der Waals surface area contributed by atoms with Gasteiger partial charge in [-0.2, -0.15) is 4.98 Å². The van der Waals surface area contributed by atoms with Gasteiger partial charge in [0.15, 0.2) is 5.82 Å². The van der Waals surface area contributed by atoms with Crippen molar-refractivity contribution in [2.24, 2.45) is 0 Å². The van der Waals surface area contributed by atoms with Crippen molar-refractivity contribution in [1.29, 1.82) is 0 Å². The van der Waals surface area contributed by atoms with Crippen LogP contribution in [-0.2, 0) is 12.0 Å². The average Bonchev–Trinajstić information content (AvgIpc) is 2.85. The van der Waals surface area contributed by atoms with Gasteiger partial charge in [-0.25, -0.2) is 0 Å². The lowest BCUT2D eigenvalue weighted by molar-refractivity contribution is 0.0946. The van der Waals surface area contributed by atoms with Crippen LogP contribution in [0.5, 0.6) is 0 Å². The molecule has 0 atom stereocenters. The Morgan fingerprint density at radius 3 is 2.80 bits per heavy atom. The van der Waals surface area contributed by atoms with Gasteiger partial charge in [-0.15, -0.1) is 0 Å². The zero-order valence-corrected chi connectivity index (χ0v) is 12.2. The van der Waals surface area contributed by atoms with Crippen LogP contribution in [0.15, 0.2) is 23.0 Å². The number of nitrogens with zero attached hydrogens (tertiary/aromatic N) is 3. The van der Waals surface area contributed by atoms with Gasteiger partial charge in [-0.05, 0) is 6.07 Å². The summed E-state index contributed by atoms with van der Waals surface area (Å²) in [6.45, 7) is 6.10. The van der Waals surface area contributed by atoms with Crippen LogP contribution in [0.1, 0.15) is 42.8 Å². The van der Waals surface area contributed by atoms with E-state index in [1.807, 2.05) is 20.8 Å². The van der Waals surface area contributed by atoms with Crippen LogP contribution in [-0.4, -0.2) is 21.0 Å². The third-order valence-electron chi connectivity index (χ3n) is 2.56. The minimum absolute atomic E-state index is 0.153. The van der Waals surface area contributed by atoms with Crippen LogP contribution in [0.3, 0.4) is 0 Å². The fraction of sp³-hybridized carbons (Fsp3) is 0.385. The van der Waals surface area contributed by atoms with E-state index in [1.54, 1.807) is 6.07 Å². The molecule has 106 valence electrons. The SMILES string of the molecule is CC(C)(C)c1noc(CNC(=O)c2ccncc2Cl)n1. The highest BCUT2D eigenvalue weighted by atomic mass is 35.5. The molecule has 0 aliphatic heterocycles. The van der Waals surface area contributed by atoms with Crippen LogP contribution in [0.25, 0.3) is 0 Å². The van der Waals surface area contributed by atoms with Gasteiger partial charge >= 0.3 is 0 Å². The van der Waals surface area contributed by atoms with E-state index in [0.29, 0.717) is 22.3 Å². The minimum Gasteiger partial charge on any atom is -0.343 e. The molecule has 0 aliphatic carbocycles. The number of halogens is 1. The van der Waals surface area contributed by atoms with E-state index >= 15 is 0 Å². The number of carbonyl (C=O) groups excluding carboxylic acids is 1. The molecule has 0 saturated heterocycles. The second-order valence-corrected chi connectivity index (χ2v) is 5.71. The Labute approximate surface area is 121 Å². The first-order valence-corrected chi connectivity index (χ1v) is 6.46. The fourth-order valence-corrected chi connectivity index (χ4v) is 1.65. The largest absolute Gasteiger partial charge is 0.343 e. The molecule has 0 aromatic carbocycles. The predicted molar refractivity (Wildman–Crippen MR) is 73.4 cm³/mol. The van der Waals surface area contributed by atoms with Gasteiger partial charge in [0, 0.05) is 17.8 Å². The Kier molecular flexibility index (Phi) is 4.04. The molecule has 0 saturated carbocycles. The number of hydrogen-bond acceptors (Lipinski definition) is 5. The number of pyridine rings is 1. The molecule has 20 heavy (non-hydrogen) atoms. The van der Waals surface area contributed by atoms with Crippen molar-refractivity contribution >= 4 is 17.5 Å². The van der Waals surface area contributed by atoms with Crippen molar-refractivity contribution in [2.45, 2.75) is 32.7 Å². The lowest BCUT2D eigenvalue weighted by atomic mass is 9.96. The van der Waals surface area contributed by atoms with Gasteiger partial charge in [0.05, 0.1) is 17.1 Å². The molecule has 1 N–H and O–H groups in total. The molecule has 2 aromatic rings. The molecule has 0 radical (unpaired) electrons. The lowest BCUT2D eigenvalue weighted by Crippen LogP contribution is -2.23. The number of rotatable bonds is 3. The Hall–Kier alpha value is -1.95. The smallest absolute Gasteiger partial charge is 0.253 e. The van der Waals surface area contributed by atoms with E-state index in [0.717, 1.165) is 0 Å². The van der Waals surface area contributed by atoms with Crippen molar-refractivity contribution in [1.82, 2.24) is 20.4 Å². The number of amides is 1. The molecule has 1 amide bonds. The first-order valence-electron chi connectivity index (χ1n) is 6.08. The number of aromatic nitrogens is 3. The third-order valence-corrected chi connectivity index (χ3v) is 2.86. The van der Waals surface area contributed by atoms with Crippen molar-refractivity contribution in [2.75, 3.05) is 0 Å². The number of nitrogens with one attached hydrogen (secondary N) is 1. The zero-order chi connectivity index (χ0) is 14.8. The van der Waals surface area contributed by atoms with E-state index < -0.39 is 0 Å². The van der Waals surface area contributed by atoms with Crippen molar-refractivity contribution in [3.63, 3.8) is 0 Å². The molecule has 2 rings (SSSR count). The Bertz CT molecular complexity index is 619. The monoisotopic (exact) mass is 294 g/mol. The molecule has 6 nitrogen and oxygen atoms in total. The highest BCUT2D eigenvalue weighted by molar-refractivity contribution is 6.33. The Morgan fingerprint density at radius 2 is 2.20 bits per heavy atom. The molecule has 2 aromatic heterocycles. The van der Waals surface area contributed by atoms with Gasteiger partial charge in [0.1, 0.15) is 0 Å². The summed E-state index contributed by atoms with van der Waals surface area (Å²) in [5.74, 6) is 0.644. The maximum absolute atomic E-state index is 11.9. The molecule has 7 heteroatoms. The fourth-order valence-electron chi connectivity index (χ4n) is 1.44. The Balaban J connectivity index is 2.01. The molecule has 0 spiro atoms. The van der Waals surface area contributed by atoms with Crippen LogP contribution >= 0.6 is 11.6 Å². The van der Waals surface area contributed by atoms with Crippen molar-refractivity contribution < 1.29 is 9.32 Å². The highest BCUT2D eigenvalue weighted by Gasteiger charge is 2.21. The molecule has 0 bridgehead atoms. The maximum atomic E-state index is 11.9. The van der Waals surface area contributed by atoms with Crippen molar-refractivity contribution in [3.05, 3.63) is 40.8 Å². The quantitative estimate of drug-likeness (QED) is 0.939. The molecule has 0 fully saturated rings. The van der Waals surface area contributed by atoms with E-state index in [2.05, 4.69) is 20.4 Å². The van der Waals surface area contributed by atoms with Gasteiger partial charge in [0.25, 0.3) is 5.91 Å². The van der Waals surface area contributed by atoms with Gasteiger partial charge in [0.2, 0.25) is 5.89 Å². The van der Waals surface area contributed by atoms with Gasteiger partial charge in [-0.3, -0.25) is 9.78 Å². The maximum Gasteiger partial charge on any atom is 0.253 e. The Morgan fingerprint density at radius 1 is 1.45 bits per heavy atom. The molecular weight excluding hydrogens is 280 g/mol. The predicted octanol–water partition coefficient (Wildman–Crippen LogP) is 2.35.